The Morgan fingerprint density at radius 3 is 2.34 bits per heavy atom. The number of rotatable bonds is 6. The van der Waals surface area contributed by atoms with E-state index in [0.717, 1.165) is 24.2 Å². The van der Waals surface area contributed by atoms with Crippen molar-refractivity contribution in [2.45, 2.75) is 24.8 Å². The molecule has 1 saturated carbocycles. The van der Waals surface area contributed by atoms with Gasteiger partial charge in [-0.2, -0.15) is 0 Å². The molecule has 0 aromatic heterocycles. The Bertz CT molecular complexity index is 892. The van der Waals surface area contributed by atoms with Gasteiger partial charge in [-0.15, -0.1) is 0 Å². The van der Waals surface area contributed by atoms with E-state index < -0.39 is 0 Å². The van der Waals surface area contributed by atoms with Gasteiger partial charge in [0.25, 0.3) is 5.91 Å². The van der Waals surface area contributed by atoms with Crippen LogP contribution in [-0.2, 0) is 4.79 Å². The summed E-state index contributed by atoms with van der Waals surface area (Å²) < 4.78 is 10.5. The van der Waals surface area contributed by atoms with Crippen molar-refractivity contribution in [3.05, 3.63) is 59.7 Å². The molecule has 1 aliphatic carbocycles. The van der Waals surface area contributed by atoms with E-state index in [9.17, 15) is 9.59 Å². The van der Waals surface area contributed by atoms with Crippen LogP contribution in [0.15, 0.2) is 48.5 Å². The van der Waals surface area contributed by atoms with Crippen molar-refractivity contribution in [3.63, 3.8) is 0 Å². The number of hydrogen-bond acceptors (Lipinski definition) is 4. The number of likely N-dealkylation sites (tertiary alicyclic amines) is 1. The highest BCUT2D eigenvalue weighted by atomic mass is 16.5. The molecule has 1 aliphatic heterocycles. The van der Waals surface area contributed by atoms with Crippen LogP contribution < -0.4 is 14.8 Å². The van der Waals surface area contributed by atoms with Gasteiger partial charge in [-0.3, -0.25) is 9.59 Å². The summed E-state index contributed by atoms with van der Waals surface area (Å²) in [6.45, 7) is 0.909. The molecule has 1 saturated heterocycles. The number of amides is 2. The number of methoxy groups -OCH3 is 2. The molecule has 0 radical (unpaired) electrons. The van der Waals surface area contributed by atoms with Gasteiger partial charge in [0.1, 0.15) is 11.5 Å². The van der Waals surface area contributed by atoms with E-state index in [4.69, 9.17) is 9.47 Å². The summed E-state index contributed by atoms with van der Waals surface area (Å²) in [4.78, 5) is 27.8. The summed E-state index contributed by atoms with van der Waals surface area (Å²) in [6.07, 6.45) is 2.08. The number of ether oxygens (including phenoxy) is 2. The predicted molar refractivity (Wildman–Crippen MR) is 109 cm³/mol. The number of carbonyl (C=O) groups is 2. The zero-order valence-corrected chi connectivity index (χ0v) is 16.8. The molecule has 1 heterocycles. The smallest absolute Gasteiger partial charge is 0.253 e. The molecule has 2 unspecified atom stereocenters. The van der Waals surface area contributed by atoms with E-state index in [1.165, 1.54) is 0 Å². The van der Waals surface area contributed by atoms with E-state index in [-0.39, 0.29) is 23.7 Å². The molecule has 2 amide bonds. The van der Waals surface area contributed by atoms with Crippen LogP contribution in [0.5, 0.6) is 11.5 Å². The van der Waals surface area contributed by atoms with Gasteiger partial charge in [-0.1, -0.05) is 12.1 Å². The lowest BCUT2D eigenvalue weighted by atomic mass is 9.88. The number of benzene rings is 2. The van der Waals surface area contributed by atoms with Gasteiger partial charge in [0, 0.05) is 30.6 Å². The van der Waals surface area contributed by atoms with E-state index >= 15 is 0 Å². The highest BCUT2D eigenvalue weighted by Gasteiger charge is 2.42. The minimum absolute atomic E-state index is 0.0327. The SMILES string of the molecule is COc1ccc(C(=O)N2CC(C(=O)NC3CC3)C(c3cccc(OC)c3)C2)cc1. The average Bonchev–Trinajstić information content (AvgIpc) is 3.46. The van der Waals surface area contributed by atoms with Crippen molar-refractivity contribution in [2.24, 2.45) is 5.92 Å². The fourth-order valence-electron chi connectivity index (χ4n) is 3.90. The van der Waals surface area contributed by atoms with Crippen LogP contribution >= 0.6 is 0 Å². The van der Waals surface area contributed by atoms with Gasteiger partial charge in [0.15, 0.2) is 0 Å². The number of hydrogen-bond donors (Lipinski definition) is 1. The zero-order valence-electron chi connectivity index (χ0n) is 16.8. The first-order valence-corrected chi connectivity index (χ1v) is 9.96. The second kappa shape index (κ2) is 8.15. The second-order valence-electron chi connectivity index (χ2n) is 7.71. The highest BCUT2D eigenvalue weighted by molar-refractivity contribution is 5.95. The quantitative estimate of drug-likeness (QED) is 0.818. The Morgan fingerprint density at radius 2 is 1.69 bits per heavy atom. The molecule has 2 aromatic carbocycles. The summed E-state index contributed by atoms with van der Waals surface area (Å²) >= 11 is 0. The number of nitrogens with zero attached hydrogens (tertiary/aromatic N) is 1. The van der Waals surface area contributed by atoms with Gasteiger partial charge in [-0.05, 0) is 54.8 Å². The molecule has 29 heavy (non-hydrogen) atoms. The number of carbonyl (C=O) groups excluding carboxylic acids is 2. The minimum Gasteiger partial charge on any atom is -0.497 e. The lowest BCUT2D eigenvalue weighted by Gasteiger charge is -2.18. The first kappa shape index (κ1) is 19.3. The predicted octanol–water partition coefficient (Wildman–Crippen LogP) is 2.84. The van der Waals surface area contributed by atoms with Crippen molar-refractivity contribution in [3.8, 4) is 11.5 Å². The summed E-state index contributed by atoms with van der Waals surface area (Å²) in [7, 11) is 3.23. The maximum Gasteiger partial charge on any atom is 0.253 e. The topological polar surface area (TPSA) is 67.9 Å². The molecule has 2 fully saturated rings. The molecule has 6 heteroatoms. The third-order valence-corrected chi connectivity index (χ3v) is 5.73. The first-order chi connectivity index (χ1) is 14.1. The van der Waals surface area contributed by atoms with Gasteiger partial charge in [0.05, 0.1) is 20.1 Å². The van der Waals surface area contributed by atoms with Crippen LogP contribution in [-0.4, -0.2) is 50.1 Å². The summed E-state index contributed by atoms with van der Waals surface area (Å²) in [6, 6.07) is 15.2. The average molecular weight is 394 g/mol. The Labute approximate surface area is 170 Å². The normalized spacial score (nSPS) is 21.0. The van der Waals surface area contributed by atoms with E-state index in [1.54, 1.807) is 43.4 Å². The maximum atomic E-state index is 13.1. The van der Waals surface area contributed by atoms with Crippen LogP contribution in [0.1, 0.15) is 34.7 Å². The number of nitrogens with one attached hydrogen (secondary N) is 1. The Hall–Kier alpha value is -3.02. The van der Waals surface area contributed by atoms with Crippen molar-refractivity contribution in [1.29, 1.82) is 0 Å². The van der Waals surface area contributed by atoms with Gasteiger partial charge >= 0.3 is 0 Å². The molecule has 2 atom stereocenters. The standard InChI is InChI=1S/C23H26N2O4/c1-28-18-10-6-15(7-11-18)23(27)25-13-20(16-4-3-5-19(12-16)29-2)21(14-25)22(26)24-17-8-9-17/h3-7,10-12,17,20-21H,8-9,13-14H2,1-2H3,(H,24,26). The largest absolute Gasteiger partial charge is 0.497 e. The molecule has 2 aliphatic rings. The van der Waals surface area contributed by atoms with Gasteiger partial charge in [-0.25, -0.2) is 0 Å². The van der Waals surface area contributed by atoms with Crippen LogP contribution in [0, 0.1) is 5.92 Å². The van der Waals surface area contributed by atoms with Crippen molar-refractivity contribution >= 4 is 11.8 Å². The molecule has 1 N–H and O–H groups in total. The fraction of sp³-hybridized carbons (Fsp3) is 0.391. The summed E-state index contributed by atoms with van der Waals surface area (Å²) in [5.41, 5.74) is 1.61. The molecular formula is C23H26N2O4. The second-order valence-corrected chi connectivity index (χ2v) is 7.71. The van der Waals surface area contributed by atoms with Crippen molar-refractivity contribution in [1.82, 2.24) is 10.2 Å². The maximum absolute atomic E-state index is 13.1. The molecule has 0 bridgehead atoms. The van der Waals surface area contributed by atoms with Gasteiger partial charge in [0.2, 0.25) is 5.91 Å². The van der Waals surface area contributed by atoms with Crippen molar-refractivity contribution in [2.75, 3.05) is 27.3 Å². The lowest BCUT2D eigenvalue weighted by molar-refractivity contribution is -0.125. The molecule has 152 valence electrons. The van der Waals surface area contributed by atoms with Crippen LogP contribution in [0.2, 0.25) is 0 Å². The van der Waals surface area contributed by atoms with E-state index in [0.29, 0.717) is 30.4 Å². The minimum atomic E-state index is -0.273. The molecule has 6 nitrogen and oxygen atoms in total. The lowest BCUT2D eigenvalue weighted by Crippen LogP contribution is -2.36. The van der Waals surface area contributed by atoms with E-state index in [2.05, 4.69) is 5.32 Å². The van der Waals surface area contributed by atoms with Gasteiger partial charge < -0.3 is 19.7 Å². The third-order valence-electron chi connectivity index (χ3n) is 5.73. The van der Waals surface area contributed by atoms with Crippen LogP contribution in [0.4, 0.5) is 0 Å². The Balaban J connectivity index is 1.57. The Kier molecular flexibility index (Phi) is 5.43. The third kappa shape index (κ3) is 4.21. The van der Waals surface area contributed by atoms with E-state index in [1.807, 2.05) is 24.3 Å². The summed E-state index contributed by atoms with van der Waals surface area (Å²) in [5.74, 6) is 1.09. The molecule has 4 rings (SSSR count). The fourth-order valence-corrected chi connectivity index (χ4v) is 3.90. The monoisotopic (exact) mass is 394 g/mol. The zero-order chi connectivity index (χ0) is 20.4. The Morgan fingerprint density at radius 1 is 0.966 bits per heavy atom. The molecular weight excluding hydrogens is 368 g/mol. The highest BCUT2D eigenvalue weighted by Crippen LogP contribution is 2.36. The first-order valence-electron chi connectivity index (χ1n) is 9.96. The molecule has 2 aromatic rings. The van der Waals surface area contributed by atoms with Crippen LogP contribution in [0.3, 0.4) is 0 Å². The van der Waals surface area contributed by atoms with Crippen molar-refractivity contribution < 1.29 is 19.1 Å². The molecule has 0 spiro atoms. The van der Waals surface area contributed by atoms with Crippen LogP contribution in [0.25, 0.3) is 0 Å². The summed E-state index contributed by atoms with van der Waals surface area (Å²) in [5, 5.41) is 3.11.